The van der Waals surface area contributed by atoms with Gasteiger partial charge in [-0.15, -0.1) is 0 Å². The summed E-state index contributed by atoms with van der Waals surface area (Å²) in [6, 6.07) is 8.88. The minimum absolute atomic E-state index is 0.0436. The number of methoxy groups -OCH3 is 1. The van der Waals surface area contributed by atoms with Gasteiger partial charge in [-0.05, 0) is 64.2 Å². The average molecular weight is 534 g/mol. The lowest BCUT2D eigenvalue weighted by molar-refractivity contribution is -0.385. The topological polar surface area (TPSA) is 134 Å². The summed E-state index contributed by atoms with van der Waals surface area (Å²) < 4.78 is 4.83. The van der Waals surface area contributed by atoms with Gasteiger partial charge in [0.2, 0.25) is 0 Å². The van der Waals surface area contributed by atoms with Gasteiger partial charge in [0.25, 0.3) is 11.4 Å². The number of hydrogen-bond acceptors (Lipinski definition) is 9. The molecule has 0 saturated carbocycles. The monoisotopic (exact) mass is 533 g/mol. The second-order valence-electron chi connectivity index (χ2n) is 8.70. The summed E-state index contributed by atoms with van der Waals surface area (Å²) >= 11 is 0. The number of nitro groups is 2. The molecule has 1 saturated heterocycles. The predicted molar refractivity (Wildman–Crippen MR) is 150 cm³/mol. The Kier molecular flexibility index (Phi) is 15.6. The van der Waals surface area contributed by atoms with Crippen molar-refractivity contribution in [3.8, 4) is 11.5 Å². The van der Waals surface area contributed by atoms with E-state index in [4.69, 9.17) is 4.74 Å². The van der Waals surface area contributed by atoms with E-state index in [2.05, 4.69) is 15.1 Å². The molecule has 0 bridgehead atoms. The van der Waals surface area contributed by atoms with Crippen molar-refractivity contribution in [1.82, 2.24) is 15.1 Å². The summed E-state index contributed by atoms with van der Waals surface area (Å²) in [6.07, 6.45) is 2.78. The highest BCUT2D eigenvalue weighted by atomic mass is 16.6. The number of ether oxygens (including phenoxy) is 1. The van der Waals surface area contributed by atoms with Crippen LogP contribution >= 0.6 is 0 Å². The Balaban J connectivity index is 0.000000367. The number of nitrogens with one attached hydrogen (secondary N) is 1. The Hall–Kier alpha value is -3.28. The quantitative estimate of drug-likeness (QED) is 0.304. The van der Waals surface area contributed by atoms with E-state index in [1.54, 1.807) is 12.1 Å². The van der Waals surface area contributed by atoms with Crippen LogP contribution in [0.4, 0.5) is 11.4 Å². The molecule has 0 aliphatic carbocycles. The SMILES string of the molecule is C1CCNC1.CCN(CC)Cc1cc([N+](=O)[O-])cc(CN(CC)CC)c1O.COc1ccc([N+](=O)[O-])cc1. The van der Waals surface area contributed by atoms with E-state index in [9.17, 15) is 25.3 Å². The molecule has 11 heteroatoms. The second-order valence-corrected chi connectivity index (χ2v) is 8.70. The van der Waals surface area contributed by atoms with Crippen molar-refractivity contribution in [2.45, 2.75) is 53.6 Å². The number of hydrogen-bond donors (Lipinski definition) is 2. The maximum Gasteiger partial charge on any atom is 0.270 e. The molecule has 1 aliphatic rings. The third-order valence-corrected chi connectivity index (χ3v) is 6.28. The van der Waals surface area contributed by atoms with Crippen LogP contribution in [0, 0.1) is 20.2 Å². The molecule has 3 rings (SSSR count). The summed E-state index contributed by atoms with van der Waals surface area (Å²) in [7, 11) is 1.52. The molecule has 2 aromatic rings. The van der Waals surface area contributed by atoms with Crippen molar-refractivity contribution in [2.75, 3.05) is 46.4 Å². The first-order valence-corrected chi connectivity index (χ1v) is 13.1. The van der Waals surface area contributed by atoms with E-state index in [0.717, 1.165) is 26.2 Å². The molecule has 0 radical (unpaired) electrons. The Bertz CT molecular complexity index is 932. The zero-order chi connectivity index (χ0) is 28.5. The van der Waals surface area contributed by atoms with Crippen LogP contribution in [0.2, 0.25) is 0 Å². The van der Waals surface area contributed by atoms with E-state index in [1.807, 2.05) is 27.7 Å². The molecule has 38 heavy (non-hydrogen) atoms. The highest BCUT2D eigenvalue weighted by Crippen LogP contribution is 2.30. The van der Waals surface area contributed by atoms with Gasteiger partial charge >= 0.3 is 0 Å². The molecule has 0 spiro atoms. The molecule has 0 unspecified atom stereocenters. The normalized spacial score (nSPS) is 12.4. The molecule has 0 atom stereocenters. The summed E-state index contributed by atoms with van der Waals surface area (Å²) in [5, 5.41) is 35.0. The minimum atomic E-state index is -0.445. The molecule has 2 N–H and O–H groups in total. The minimum Gasteiger partial charge on any atom is -0.507 e. The van der Waals surface area contributed by atoms with Gasteiger partial charge in [0.15, 0.2) is 0 Å². The van der Waals surface area contributed by atoms with Gasteiger partial charge < -0.3 is 15.2 Å². The van der Waals surface area contributed by atoms with Crippen LogP contribution in [-0.4, -0.2) is 71.1 Å². The van der Waals surface area contributed by atoms with Crippen molar-refractivity contribution in [1.29, 1.82) is 0 Å². The fourth-order valence-corrected chi connectivity index (χ4v) is 3.79. The molecule has 212 valence electrons. The zero-order valence-corrected chi connectivity index (χ0v) is 23.3. The average Bonchev–Trinajstić information content (AvgIpc) is 3.52. The van der Waals surface area contributed by atoms with Crippen molar-refractivity contribution in [3.05, 3.63) is 67.8 Å². The number of phenolic OH excluding ortho intramolecular Hbond substituents is 1. The van der Waals surface area contributed by atoms with Crippen molar-refractivity contribution in [2.24, 2.45) is 0 Å². The van der Waals surface area contributed by atoms with E-state index in [0.29, 0.717) is 30.0 Å². The lowest BCUT2D eigenvalue weighted by atomic mass is 10.1. The number of non-ortho nitro benzene ring substituents is 2. The van der Waals surface area contributed by atoms with Crippen LogP contribution in [-0.2, 0) is 13.1 Å². The number of benzene rings is 2. The first kappa shape index (κ1) is 32.7. The van der Waals surface area contributed by atoms with E-state index in [-0.39, 0.29) is 17.1 Å². The van der Waals surface area contributed by atoms with Crippen molar-refractivity contribution in [3.63, 3.8) is 0 Å². The number of phenols is 1. The first-order chi connectivity index (χ1) is 18.2. The Morgan fingerprint density at radius 2 is 1.24 bits per heavy atom. The van der Waals surface area contributed by atoms with Crippen molar-refractivity contribution < 1.29 is 19.7 Å². The summed E-state index contributed by atoms with van der Waals surface area (Å²) in [4.78, 5) is 24.7. The van der Waals surface area contributed by atoms with Crippen LogP contribution in [0.3, 0.4) is 0 Å². The van der Waals surface area contributed by atoms with E-state index in [1.165, 1.54) is 57.3 Å². The Morgan fingerprint density at radius 1 is 0.816 bits per heavy atom. The third kappa shape index (κ3) is 11.4. The molecule has 2 aromatic carbocycles. The maximum atomic E-state index is 11.2. The molecule has 1 heterocycles. The van der Waals surface area contributed by atoms with Gasteiger partial charge in [-0.1, -0.05) is 27.7 Å². The second kappa shape index (κ2) is 18.1. The van der Waals surface area contributed by atoms with E-state index >= 15 is 0 Å². The first-order valence-electron chi connectivity index (χ1n) is 13.1. The molecule has 0 aromatic heterocycles. The zero-order valence-electron chi connectivity index (χ0n) is 23.3. The largest absolute Gasteiger partial charge is 0.507 e. The highest BCUT2D eigenvalue weighted by molar-refractivity contribution is 5.49. The maximum absolute atomic E-state index is 11.2. The van der Waals surface area contributed by atoms with Gasteiger partial charge in [0, 0.05) is 48.5 Å². The molecule has 11 nitrogen and oxygen atoms in total. The van der Waals surface area contributed by atoms with Crippen LogP contribution < -0.4 is 10.1 Å². The molecule has 1 fully saturated rings. The van der Waals surface area contributed by atoms with Gasteiger partial charge in [0.05, 0.1) is 17.0 Å². The van der Waals surface area contributed by atoms with Crippen LogP contribution in [0.25, 0.3) is 0 Å². The summed E-state index contributed by atoms with van der Waals surface area (Å²) in [5.41, 5.74) is 1.37. The van der Waals surface area contributed by atoms with Gasteiger partial charge in [-0.25, -0.2) is 0 Å². The Morgan fingerprint density at radius 3 is 1.53 bits per heavy atom. The van der Waals surface area contributed by atoms with Gasteiger partial charge in [-0.2, -0.15) is 0 Å². The smallest absolute Gasteiger partial charge is 0.270 e. The van der Waals surface area contributed by atoms with Crippen LogP contribution in [0.5, 0.6) is 11.5 Å². The fourth-order valence-electron chi connectivity index (χ4n) is 3.79. The number of nitrogens with zero attached hydrogens (tertiary/aromatic N) is 4. The molecular weight excluding hydrogens is 490 g/mol. The van der Waals surface area contributed by atoms with Crippen LogP contribution in [0.15, 0.2) is 36.4 Å². The van der Waals surface area contributed by atoms with Gasteiger partial charge in [0.1, 0.15) is 11.5 Å². The molecular formula is C27H43N5O6. The fraction of sp³-hybridized carbons (Fsp3) is 0.556. The third-order valence-electron chi connectivity index (χ3n) is 6.28. The lowest BCUT2D eigenvalue weighted by Crippen LogP contribution is -2.24. The highest BCUT2D eigenvalue weighted by Gasteiger charge is 2.18. The Labute approximate surface area is 225 Å². The molecule has 0 amide bonds. The number of nitro benzene ring substituents is 2. The number of rotatable bonds is 11. The van der Waals surface area contributed by atoms with Crippen LogP contribution in [0.1, 0.15) is 51.7 Å². The number of aromatic hydroxyl groups is 1. The predicted octanol–water partition coefficient (Wildman–Crippen LogP) is 4.96. The summed E-state index contributed by atoms with van der Waals surface area (Å²) in [6.45, 7) is 15.0. The standard InChI is InChI=1S/C16H27N3O3.C7H7NO3.C4H9N/c1-5-17(6-2)11-13-9-15(19(21)22)10-14(16(13)20)12-18(7-3)8-4;1-11-7-4-2-6(3-5-7)8(9)10;1-2-4-5-3-1/h9-10,20H,5-8,11-12H2,1-4H3;2-5H,1H3;5H,1-4H2. The lowest BCUT2D eigenvalue weighted by Gasteiger charge is -2.22. The van der Waals surface area contributed by atoms with E-state index < -0.39 is 9.85 Å². The van der Waals surface area contributed by atoms with Crippen molar-refractivity contribution >= 4 is 11.4 Å². The molecule has 1 aliphatic heterocycles. The summed E-state index contributed by atoms with van der Waals surface area (Å²) in [5.74, 6) is 0.806. The van der Waals surface area contributed by atoms with Gasteiger partial charge in [-0.3, -0.25) is 30.0 Å².